The molecule has 4 nitrogen and oxygen atoms in total. The zero-order valence-corrected chi connectivity index (χ0v) is 14.3. The molecule has 1 saturated carbocycles. The first-order valence-corrected chi connectivity index (χ1v) is 9.02. The van der Waals surface area contributed by atoms with Crippen LogP contribution in [0.25, 0.3) is 11.3 Å². The van der Waals surface area contributed by atoms with Crippen LogP contribution in [0.5, 0.6) is 0 Å². The minimum atomic E-state index is -0.600. The molecule has 136 valence electrons. The molecule has 0 spiro atoms. The number of H-pyrrole nitrogens is 1. The molecule has 3 N–H and O–H groups in total. The van der Waals surface area contributed by atoms with Crippen molar-refractivity contribution in [2.45, 2.75) is 51.2 Å². The van der Waals surface area contributed by atoms with Crippen LogP contribution in [0.4, 0.5) is 8.78 Å². The summed E-state index contributed by atoms with van der Waals surface area (Å²) in [7, 11) is 0. The maximum absolute atomic E-state index is 13.9. The van der Waals surface area contributed by atoms with E-state index in [0.717, 1.165) is 44.2 Å². The van der Waals surface area contributed by atoms with Crippen molar-refractivity contribution in [3.05, 3.63) is 41.6 Å². The van der Waals surface area contributed by atoms with Gasteiger partial charge in [0, 0.05) is 12.1 Å². The van der Waals surface area contributed by atoms with Crippen LogP contribution >= 0.6 is 0 Å². The highest BCUT2D eigenvalue weighted by atomic mass is 19.1. The number of aliphatic hydroxyl groups excluding tert-OH is 1. The Morgan fingerprint density at radius 2 is 1.96 bits per heavy atom. The first-order chi connectivity index (χ1) is 12.2. The van der Waals surface area contributed by atoms with Crippen molar-refractivity contribution in [1.82, 2.24) is 15.5 Å². The van der Waals surface area contributed by atoms with Gasteiger partial charge < -0.3 is 10.4 Å². The van der Waals surface area contributed by atoms with E-state index < -0.39 is 11.6 Å². The zero-order valence-electron chi connectivity index (χ0n) is 14.3. The molecule has 2 aromatic rings. The van der Waals surface area contributed by atoms with Gasteiger partial charge in [0.25, 0.3) is 0 Å². The summed E-state index contributed by atoms with van der Waals surface area (Å²) in [5.74, 6) is -0.791. The summed E-state index contributed by atoms with van der Waals surface area (Å²) in [4.78, 5) is 0. The second kappa shape index (κ2) is 8.54. The van der Waals surface area contributed by atoms with Crippen LogP contribution in [-0.4, -0.2) is 28.0 Å². The highest BCUT2D eigenvalue weighted by Gasteiger charge is 2.22. The van der Waals surface area contributed by atoms with E-state index in [0.29, 0.717) is 18.2 Å². The summed E-state index contributed by atoms with van der Waals surface area (Å²) in [6.45, 7) is 1.29. The van der Waals surface area contributed by atoms with Gasteiger partial charge in [-0.3, -0.25) is 5.10 Å². The topological polar surface area (TPSA) is 60.9 Å². The fourth-order valence-corrected chi connectivity index (χ4v) is 3.64. The van der Waals surface area contributed by atoms with Gasteiger partial charge in [-0.2, -0.15) is 5.10 Å². The number of aliphatic hydroxyl groups is 1. The van der Waals surface area contributed by atoms with Crippen molar-refractivity contribution in [2.75, 3.05) is 6.54 Å². The Labute approximate surface area is 146 Å². The lowest BCUT2D eigenvalue weighted by molar-refractivity contribution is 0.0643. The Hall–Kier alpha value is -1.79. The monoisotopic (exact) mass is 349 g/mol. The second-order valence-corrected chi connectivity index (χ2v) is 6.80. The van der Waals surface area contributed by atoms with E-state index in [1.807, 2.05) is 0 Å². The molecule has 1 aromatic heterocycles. The Kier molecular flexibility index (Phi) is 6.15. The van der Waals surface area contributed by atoms with Crippen LogP contribution in [0.15, 0.2) is 24.4 Å². The average molecular weight is 349 g/mol. The largest absolute Gasteiger partial charge is 0.393 e. The molecule has 0 saturated heterocycles. The van der Waals surface area contributed by atoms with Crippen molar-refractivity contribution in [2.24, 2.45) is 5.92 Å². The summed E-state index contributed by atoms with van der Waals surface area (Å²) in [6.07, 6.45) is 7.80. The summed E-state index contributed by atoms with van der Waals surface area (Å²) >= 11 is 0. The van der Waals surface area contributed by atoms with Crippen molar-refractivity contribution in [3.63, 3.8) is 0 Å². The fourth-order valence-electron chi connectivity index (χ4n) is 3.64. The Balaban J connectivity index is 1.51. The van der Waals surface area contributed by atoms with E-state index in [2.05, 4.69) is 15.5 Å². The van der Waals surface area contributed by atoms with Gasteiger partial charge in [-0.15, -0.1) is 0 Å². The van der Waals surface area contributed by atoms with E-state index in [-0.39, 0.29) is 11.7 Å². The minimum absolute atomic E-state index is 0.0675. The van der Waals surface area contributed by atoms with Crippen molar-refractivity contribution in [1.29, 1.82) is 0 Å². The van der Waals surface area contributed by atoms with Crippen LogP contribution in [0.2, 0.25) is 0 Å². The lowest BCUT2D eigenvalue weighted by atomic mass is 9.83. The molecule has 0 bridgehead atoms. The smallest absolute Gasteiger partial charge is 0.135 e. The van der Waals surface area contributed by atoms with Crippen LogP contribution < -0.4 is 5.32 Å². The molecule has 1 fully saturated rings. The number of rotatable bonds is 7. The van der Waals surface area contributed by atoms with E-state index in [9.17, 15) is 13.9 Å². The third kappa shape index (κ3) is 4.44. The van der Waals surface area contributed by atoms with Gasteiger partial charge in [0.1, 0.15) is 11.6 Å². The van der Waals surface area contributed by atoms with E-state index in [4.69, 9.17) is 0 Å². The SMILES string of the molecule is OC1CCCCC1CCCNCc1cn[nH]c1-c1c(F)cccc1F. The van der Waals surface area contributed by atoms with Gasteiger partial charge in [-0.05, 0) is 50.3 Å². The number of nitrogens with zero attached hydrogens (tertiary/aromatic N) is 1. The molecule has 1 heterocycles. The van der Waals surface area contributed by atoms with E-state index in [1.54, 1.807) is 6.20 Å². The first-order valence-electron chi connectivity index (χ1n) is 9.02. The van der Waals surface area contributed by atoms with E-state index >= 15 is 0 Å². The van der Waals surface area contributed by atoms with Gasteiger partial charge >= 0.3 is 0 Å². The van der Waals surface area contributed by atoms with Crippen LogP contribution in [-0.2, 0) is 6.54 Å². The number of aromatic amines is 1. The maximum Gasteiger partial charge on any atom is 0.135 e. The molecule has 1 aliphatic rings. The first kappa shape index (κ1) is 18.0. The van der Waals surface area contributed by atoms with Gasteiger partial charge in [-0.1, -0.05) is 18.9 Å². The molecular weight excluding hydrogens is 324 g/mol. The molecule has 2 atom stereocenters. The van der Waals surface area contributed by atoms with Gasteiger partial charge in [0.2, 0.25) is 0 Å². The molecular formula is C19H25F2N3O. The summed E-state index contributed by atoms with van der Waals surface area (Å²) in [5, 5.41) is 19.9. The molecule has 2 unspecified atom stereocenters. The standard InChI is InChI=1S/C19H25F2N3O/c20-15-7-3-8-16(21)18(15)19-14(12-23-24-19)11-22-10-4-6-13-5-1-2-9-17(13)25/h3,7-8,12-13,17,22,25H,1-2,4-6,9-11H2,(H,23,24). The normalized spacial score (nSPS) is 20.8. The maximum atomic E-state index is 13.9. The van der Waals surface area contributed by atoms with Gasteiger partial charge in [0.15, 0.2) is 0 Å². The highest BCUT2D eigenvalue weighted by molar-refractivity contribution is 5.64. The molecule has 6 heteroatoms. The molecule has 0 amide bonds. The van der Waals surface area contributed by atoms with Gasteiger partial charge in [0.05, 0.1) is 23.6 Å². The van der Waals surface area contributed by atoms with Crippen LogP contribution in [0.3, 0.4) is 0 Å². The number of benzene rings is 1. The summed E-state index contributed by atoms with van der Waals surface area (Å²) in [5.41, 5.74) is 1.05. The third-order valence-electron chi connectivity index (χ3n) is 5.04. The summed E-state index contributed by atoms with van der Waals surface area (Å²) in [6, 6.07) is 3.83. The number of halogens is 2. The van der Waals surface area contributed by atoms with Crippen LogP contribution in [0, 0.1) is 17.6 Å². The zero-order chi connectivity index (χ0) is 17.6. The Morgan fingerprint density at radius 1 is 1.20 bits per heavy atom. The molecule has 1 aliphatic carbocycles. The summed E-state index contributed by atoms with van der Waals surface area (Å²) < 4.78 is 27.9. The lowest BCUT2D eigenvalue weighted by Crippen LogP contribution is -2.25. The highest BCUT2D eigenvalue weighted by Crippen LogP contribution is 2.28. The quantitative estimate of drug-likeness (QED) is 0.667. The van der Waals surface area contributed by atoms with E-state index in [1.165, 1.54) is 24.6 Å². The minimum Gasteiger partial charge on any atom is -0.393 e. The third-order valence-corrected chi connectivity index (χ3v) is 5.04. The average Bonchev–Trinajstić information content (AvgIpc) is 3.04. The predicted molar refractivity (Wildman–Crippen MR) is 92.8 cm³/mol. The molecule has 3 rings (SSSR count). The molecule has 0 aliphatic heterocycles. The Morgan fingerprint density at radius 3 is 2.72 bits per heavy atom. The molecule has 25 heavy (non-hydrogen) atoms. The number of aromatic nitrogens is 2. The van der Waals surface area contributed by atoms with Gasteiger partial charge in [-0.25, -0.2) is 8.78 Å². The Bertz CT molecular complexity index is 669. The van der Waals surface area contributed by atoms with Crippen molar-refractivity contribution in [3.8, 4) is 11.3 Å². The second-order valence-electron chi connectivity index (χ2n) is 6.80. The van der Waals surface area contributed by atoms with Crippen LogP contribution in [0.1, 0.15) is 44.1 Å². The van der Waals surface area contributed by atoms with Crippen molar-refractivity contribution < 1.29 is 13.9 Å². The fraction of sp³-hybridized carbons (Fsp3) is 0.526. The number of hydrogen-bond acceptors (Lipinski definition) is 3. The predicted octanol–water partition coefficient (Wildman–Crippen LogP) is 3.78. The van der Waals surface area contributed by atoms with Crippen molar-refractivity contribution >= 4 is 0 Å². The molecule has 0 radical (unpaired) electrons. The lowest BCUT2D eigenvalue weighted by Gasteiger charge is -2.27. The number of hydrogen-bond donors (Lipinski definition) is 3. The molecule has 1 aromatic carbocycles. The number of nitrogens with one attached hydrogen (secondary N) is 2.